The molecule has 2 rings (SSSR count). The van der Waals surface area contributed by atoms with E-state index in [1.54, 1.807) is 7.11 Å². The number of halogens is 1. The van der Waals surface area contributed by atoms with Crippen molar-refractivity contribution in [2.24, 2.45) is 0 Å². The first-order chi connectivity index (χ1) is 9.63. The lowest BCUT2D eigenvalue weighted by molar-refractivity contribution is 0.412. The van der Waals surface area contributed by atoms with Crippen molar-refractivity contribution in [2.75, 3.05) is 12.4 Å². The largest absolute Gasteiger partial charge is 0.495 e. The van der Waals surface area contributed by atoms with Crippen LogP contribution in [-0.4, -0.2) is 7.11 Å². The summed E-state index contributed by atoms with van der Waals surface area (Å²) in [5.74, 6) is 0.794. The third-order valence-electron chi connectivity index (χ3n) is 3.07. The minimum atomic E-state index is 0.147. The van der Waals surface area contributed by atoms with Gasteiger partial charge in [-0.2, -0.15) is 5.26 Å². The third kappa shape index (κ3) is 3.31. The molecule has 0 saturated heterocycles. The van der Waals surface area contributed by atoms with E-state index in [1.807, 2.05) is 42.5 Å². The molecular formula is C16H15BrN2O. The Morgan fingerprint density at radius 2 is 1.90 bits per heavy atom. The van der Waals surface area contributed by atoms with Crippen LogP contribution in [0.5, 0.6) is 5.75 Å². The number of ether oxygens (including phenoxy) is 1. The molecule has 1 unspecified atom stereocenters. The van der Waals surface area contributed by atoms with E-state index in [0.29, 0.717) is 5.56 Å². The molecule has 0 aliphatic rings. The third-order valence-corrected chi connectivity index (χ3v) is 3.73. The molecule has 102 valence electrons. The lowest BCUT2D eigenvalue weighted by Gasteiger charge is -2.16. The first-order valence-corrected chi connectivity index (χ1v) is 7.03. The number of rotatable bonds is 4. The fraction of sp³-hybridized carbons (Fsp3) is 0.188. The summed E-state index contributed by atoms with van der Waals surface area (Å²) in [5, 5.41) is 12.2. The highest BCUT2D eigenvalue weighted by Crippen LogP contribution is 2.29. The van der Waals surface area contributed by atoms with Gasteiger partial charge in [-0.3, -0.25) is 0 Å². The van der Waals surface area contributed by atoms with E-state index >= 15 is 0 Å². The van der Waals surface area contributed by atoms with E-state index in [1.165, 1.54) is 0 Å². The van der Waals surface area contributed by atoms with Crippen molar-refractivity contribution >= 4 is 21.6 Å². The number of nitrogens with zero attached hydrogens (tertiary/aromatic N) is 1. The summed E-state index contributed by atoms with van der Waals surface area (Å²) < 4.78 is 6.21. The summed E-state index contributed by atoms with van der Waals surface area (Å²) in [6.07, 6.45) is 0. The highest BCUT2D eigenvalue weighted by molar-refractivity contribution is 9.10. The molecular weight excluding hydrogens is 316 g/mol. The maximum atomic E-state index is 8.80. The van der Waals surface area contributed by atoms with Gasteiger partial charge in [0.15, 0.2) is 0 Å². The summed E-state index contributed by atoms with van der Waals surface area (Å²) in [6, 6.07) is 15.7. The lowest BCUT2D eigenvalue weighted by Crippen LogP contribution is -2.06. The number of methoxy groups -OCH3 is 1. The average molecular weight is 331 g/mol. The van der Waals surface area contributed by atoms with Crippen molar-refractivity contribution < 1.29 is 4.74 Å². The van der Waals surface area contributed by atoms with Crippen molar-refractivity contribution in [3.8, 4) is 11.8 Å². The minimum Gasteiger partial charge on any atom is -0.495 e. The van der Waals surface area contributed by atoms with Crippen LogP contribution in [-0.2, 0) is 0 Å². The molecule has 4 heteroatoms. The molecule has 3 nitrogen and oxygen atoms in total. The van der Waals surface area contributed by atoms with Gasteiger partial charge in [0, 0.05) is 17.8 Å². The van der Waals surface area contributed by atoms with Crippen LogP contribution < -0.4 is 10.1 Å². The van der Waals surface area contributed by atoms with Gasteiger partial charge in [-0.15, -0.1) is 0 Å². The van der Waals surface area contributed by atoms with Crippen LogP contribution in [0, 0.1) is 11.3 Å². The molecule has 0 radical (unpaired) electrons. The van der Waals surface area contributed by atoms with E-state index < -0.39 is 0 Å². The quantitative estimate of drug-likeness (QED) is 0.897. The van der Waals surface area contributed by atoms with Crippen LogP contribution >= 0.6 is 15.9 Å². The fourth-order valence-corrected chi connectivity index (χ4v) is 2.34. The maximum Gasteiger partial charge on any atom is 0.135 e. The van der Waals surface area contributed by atoms with Crippen LogP contribution in [0.1, 0.15) is 24.1 Å². The Hall–Kier alpha value is -1.99. The standard InChI is InChI=1S/C16H15BrN2O/c1-11(13-5-3-12(10-18)4-6-13)19-14-7-8-15(17)16(9-14)20-2/h3-9,11,19H,1-2H3. The summed E-state index contributed by atoms with van der Waals surface area (Å²) in [5.41, 5.74) is 2.79. The van der Waals surface area contributed by atoms with Crippen LogP contribution in [0.15, 0.2) is 46.9 Å². The Bertz CT molecular complexity index is 632. The van der Waals surface area contributed by atoms with Gasteiger partial charge in [-0.05, 0) is 52.7 Å². The van der Waals surface area contributed by atoms with E-state index in [4.69, 9.17) is 10.00 Å². The zero-order chi connectivity index (χ0) is 14.5. The van der Waals surface area contributed by atoms with Gasteiger partial charge in [0.05, 0.1) is 23.2 Å². The fourth-order valence-electron chi connectivity index (χ4n) is 1.93. The van der Waals surface area contributed by atoms with E-state index in [0.717, 1.165) is 21.5 Å². The molecule has 2 aromatic rings. The molecule has 0 amide bonds. The molecule has 0 spiro atoms. The molecule has 1 atom stereocenters. The smallest absolute Gasteiger partial charge is 0.135 e. The second-order valence-electron chi connectivity index (χ2n) is 4.45. The van der Waals surface area contributed by atoms with Crippen molar-refractivity contribution in [2.45, 2.75) is 13.0 Å². The second-order valence-corrected chi connectivity index (χ2v) is 5.30. The predicted octanol–water partition coefficient (Wildman–Crippen LogP) is 4.50. The zero-order valence-corrected chi connectivity index (χ0v) is 12.9. The summed E-state index contributed by atoms with van der Waals surface area (Å²) in [4.78, 5) is 0. The van der Waals surface area contributed by atoms with Gasteiger partial charge in [0.1, 0.15) is 5.75 Å². The van der Waals surface area contributed by atoms with Gasteiger partial charge >= 0.3 is 0 Å². The summed E-state index contributed by atoms with van der Waals surface area (Å²) in [7, 11) is 1.65. The van der Waals surface area contributed by atoms with Crippen LogP contribution in [0.3, 0.4) is 0 Å². The SMILES string of the molecule is COc1cc(NC(C)c2ccc(C#N)cc2)ccc1Br. The van der Waals surface area contributed by atoms with Gasteiger partial charge < -0.3 is 10.1 Å². The van der Waals surface area contributed by atoms with Gasteiger partial charge in [0.25, 0.3) is 0 Å². The molecule has 0 aromatic heterocycles. The summed E-state index contributed by atoms with van der Waals surface area (Å²) in [6.45, 7) is 2.08. The second kappa shape index (κ2) is 6.44. The molecule has 1 N–H and O–H groups in total. The lowest BCUT2D eigenvalue weighted by atomic mass is 10.1. The van der Waals surface area contributed by atoms with Gasteiger partial charge in [0.2, 0.25) is 0 Å². The number of nitriles is 1. The van der Waals surface area contributed by atoms with Crippen LogP contribution in [0.25, 0.3) is 0 Å². The Labute approximate surface area is 127 Å². The first kappa shape index (κ1) is 14.4. The zero-order valence-electron chi connectivity index (χ0n) is 11.4. The molecule has 0 aliphatic heterocycles. The number of nitrogens with one attached hydrogen (secondary N) is 1. The minimum absolute atomic E-state index is 0.147. The topological polar surface area (TPSA) is 45.0 Å². The molecule has 0 bridgehead atoms. The highest BCUT2D eigenvalue weighted by atomic mass is 79.9. The monoisotopic (exact) mass is 330 g/mol. The number of hydrogen-bond acceptors (Lipinski definition) is 3. The number of hydrogen-bond donors (Lipinski definition) is 1. The average Bonchev–Trinajstić information content (AvgIpc) is 2.49. The number of benzene rings is 2. The van der Waals surface area contributed by atoms with E-state index in [2.05, 4.69) is 34.2 Å². The normalized spacial score (nSPS) is 11.5. The molecule has 0 fully saturated rings. The molecule has 0 saturated carbocycles. The van der Waals surface area contributed by atoms with E-state index in [9.17, 15) is 0 Å². The van der Waals surface area contributed by atoms with Crippen LogP contribution in [0.2, 0.25) is 0 Å². The Kier molecular flexibility index (Phi) is 4.65. The Balaban J connectivity index is 2.14. The summed E-state index contributed by atoms with van der Waals surface area (Å²) >= 11 is 3.43. The molecule has 20 heavy (non-hydrogen) atoms. The highest BCUT2D eigenvalue weighted by Gasteiger charge is 2.07. The maximum absolute atomic E-state index is 8.80. The molecule has 2 aromatic carbocycles. The Morgan fingerprint density at radius 1 is 1.20 bits per heavy atom. The Morgan fingerprint density at radius 3 is 2.50 bits per heavy atom. The first-order valence-electron chi connectivity index (χ1n) is 6.24. The number of anilines is 1. The van der Waals surface area contributed by atoms with Gasteiger partial charge in [-0.25, -0.2) is 0 Å². The van der Waals surface area contributed by atoms with Crippen LogP contribution in [0.4, 0.5) is 5.69 Å². The van der Waals surface area contributed by atoms with Gasteiger partial charge in [-0.1, -0.05) is 12.1 Å². The molecule has 0 aliphatic carbocycles. The predicted molar refractivity (Wildman–Crippen MR) is 83.9 cm³/mol. The van der Waals surface area contributed by atoms with E-state index in [-0.39, 0.29) is 6.04 Å². The van der Waals surface area contributed by atoms with Crippen molar-refractivity contribution in [3.05, 3.63) is 58.1 Å². The van der Waals surface area contributed by atoms with Crippen molar-refractivity contribution in [3.63, 3.8) is 0 Å². The van der Waals surface area contributed by atoms with Crippen molar-refractivity contribution in [1.29, 1.82) is 5.26 Å². The van der Waals surface area contributed by atoms with Crippen molar-refractivity contribution in [1.82, 2.24) is 0 Å². The molecule has 0 heterocycles.